The lowest BCUT2D eigenvalue weighted by Gasteiger charge is -2.18. The summed E-state index contributed by atoms with van der Waals surface area (Å²) >= 11 is 1.64. The average molecular weight is 416 g/mol. The van der Waals surface area contributed by atoms with Crippen molar-refractivity contribution in [3.8, 4) is 5.75 Å². The van der Waals surface area contributed by atoms with E-state index in [4.69, 9.17) is 9.15 Å². The molecule has 0 saturated heterocycles. The molecule has 9 heteroatoms. The van der Waals surface area contributed by atoms with Gasteiger partial charge in [-0.25, -0.2) is 0 Å². The number of carbonyl (C=O) groups is 1. The largest absolute Gasteiger partial charge is 0.490 e. The predicted molar refractivity (Wildman–Crippen MR) is 109 cm³/mol. The number of methoxy groups -OCH3 is 1. The quantitative estimate of drug-likeness (QED) is 0.413. The van der Waals surface area contributed by atoms with Gasteiger partial charge in [0.15, 0.2) is 18.1 Å². The first-order valence-electron chi connectivity index (χ1n) is 8.97. The van der Waals surface area contributed by atoms with Gasteiger partial charge >= 0.3 is 5.69 Å². The summed E-state index contributed by atoms with van der Waals surface area (Å²) in [6.07, 6.45) is 1.62. The van der Waals surface area contributed by atoms with E-state index in [1.165, 1.54) is 24.1 Å². The highest BCUT2D eigenvalue weighted by Gasteiger charge is 2.21. The normalized spacial score (nSPS) is 11.8. The Labute approximate surface area is 171 Å². The number of nitro groups is 1. The Hall–Kier alpha value is -3.17. The molecule has 0 saturated carbocycles. The Morgan fingerprint density at radius 3 is 2.76 bits per heavy atom. The fourth-order valence-electron chi connectivity index (χ4n) is 3.04. The Kier molecular flexibility index (Phi) is 6.63. The van der Waals surface area contributed by atoms with Crippen LogP contribution in [0.3, 0.4) is 0 Å². The standard InChI is InChI=1S/C20H21N3O5S/c1-14-9-18(23(25)26)19(27-2)10-17(14)21-20(24)13-22(11-15-5-3-7-28-15)12-16-6-4-8-29-16/h3-10H,11-13H2,1-2H3,(H,21,24)/p+1. The number of carbonyl (C=O) groups excluding carboxylic acids is 1. The average Bonchev–Trinajstić information content (AvgIpc) is 3.37. The molecule has 3 aromatic rings. The van der Waals surface area contributed by atoms with Crippen LogP contribution in [0.25, 0.3) is 0 Å². The summed E-state index contributed by atoms with van der Waals surface area (Å²) in [4.78, 5) is 25.5. The molecule has 1 unspecified atom stereocenters. The van der Waals surface area contributed by atoms with Crippen LogP contribution < -0.4 is 15.0 Å². The molecule has 1 amide bonds. The van der Waals surface area contributed by atoms with Gasteiger partial charge in [0, 0.05) is 17.8 Å². The third-order valence-corrected chi connectivity index (χ3v) is 5.29. The first kappa shape index (κ1) is 20.6. The summed E-state index contributed by atoms with van der Waals surface area (Å²) in [6, 6.07) is 10.6. The number of hydrogen-bond acceptors (Lipinski definition) is 6. The van der Waals surface area contributed by atoms with Crippen LogP contribution in [-0.2, 0) is 17.9 Å². The smallest absolute Gasteiger partial charge is 0.311 e. The van der Waals surface area contributed by atoms with Crippen molar-refractivity contribution in [1.29, 1.82) is 0 Å². The van der Waals surface area contributed by atoms with Crippen LogP contribution in [0.4, 0.5) is 11.4 Å². The molecular weight excluding hydrogens is 394 g/mol. The Balaban J connectivity index is 1.73. The van der Waals surface area contributed by atoms with Crippen molar-refractivity contribution in [2.45, 2.75) is 20.0 Å². The number of furan rings is 1. The number of amides is 1. The van der Waals surface area contributed by atoms with Crippen LogP contribution in [0.5, 0.6) is 5.75 Å². The first-order valence-corrected chi connectivity index (χ1v) is 9.85. The van der Waals surface area contributed by atoms with E-state index in [0.29, 0.717) is 24.3 Å². The number of rotatable bonds is 9. The van der Waals surface area contributed by atoms with Gasteiger partial charge in [-0.1, -0.05) is 6.07 Å². The molecule has 0 radical (unpaired) electrons. The summed E-state index contributed by atoms with van der Waals surface area (Å²) in [7, 11) is 1.36. The second-order valence-electron chi connectivity index (χ2n) is 6.58. The molecule has 0 aliphatic carbocycles. The number of anilines is 1. The number of nitrogens with one attached hydrogen (secondary N) is 2. The third-order valence-electron chi connectivity index (χ3n) is 4.42. The summed E-state index contributed by atoms with van der Waals surface area (Å²) in [6.45, 7) is 3.19. The van der Waals surface area contributed by atoms with Crippen LogP contribution in [-0.4, -0.2) is 24.5 Å². The lowest BCUT2D eigenvalue weighted by Crippen LogP contribution is -3.10. The first-order chi connectivity index (χ1) is 14.0. The molecule has 0 aliphatic heterocycles. The fourth-order valence-corrected chi connectivity index (χ4v) is 3.82. The van der Waals surface area contributed by atoms with Crippen molar-refractivity contribution in [1.82, 2.24) is 0 Å². The molecule has 2 aromatic heterocycles. The highest BCUT2D eigenvalue weighted by molar-refractivity contribution is 7.09. The molecule has 3 rings (SSSR count). The van der Waals surface area contributed by atoms with Crippen molar-refractivity contribution in [3.63, 3.8) is 0 Å². The van der Waals surface area contributed by atoms with Crippen molar-refractivity contribution in [3.05, 3.63) is 74.4 Å². The highest BCUT2D eigenvalue weighted by atomic mass is 32.1. The fraction of sp³-hybridized carbons (Fsp3) is 0.250. The monoisotopic (exact) mass is 416 g/mol. The molecule has 0 fully saturated rings. The zero-order valence-electron chi connectivity index (χ0n) is 16.1. The molecule has 1 aromatic carbocycles. The maximum Gasteiger partial charge on any atom is 0.311 e. The zero-order valence-corrected chi connectivity index (χ0v) is 17.0. The molecule has 0 bridgehead atoms. The highest BCUT2D eigenvalue weighted by Crippen LogP contribution is 2.32. The Bertz CT molecular complexity index is 934. The molecular formula is C20H22N3O5S+. The third kappa shape index (κ3) is 5.43. The van der Waals surface area contributed by atoms with Crippen LogP contribution in [0.1, 0.15) is 16.2 Å². The van der Waals surface area contributed by atoms with E-state index >= 15 is 0 Å². The number of benzene rings is 1. The lowest BCUT2D eigenvalue weighted by atomic mass is 10.1. The van der Waals surface area contributed by atoms with Gasteiger partial charge in [-0.15, -0.1) is 11.3 Å². The van der Waals surface area contributed by atoms with Crippen LogP contribution >= 0.6 is 11.3 Å². The minimum absolute atomic E-state index is 0.106. The minimum Gasteiger partial charge on any atom is -0.490 e. The van der Waals surface area contributed by atoms with Crippen LogP contribution in [0.2, 0.25) is 0 Å². The molecule has 29 heavy (non-hydrogen) atoms. The van der Waals surface area contributed by atoms with E-state index in [2.05, 4.69) is 5.32 Å². The van der Waals surface area contributed by atoms with Gasteiger partial charge in [-0.2, -0.15) is 0 Å². The van der Waals surface area contributed by atoms with E-state index in [1.807, 2.05) is 29.6 Å². The van der Waals surface area contributed by atoms with Gasteiger partial charge in [-0.05, 0) is 36.1 Å². The van der Waals surface area contributed by atoms with Gasteiger partial charge < -0.3 is 19.4 Å². The van der Waals surface area contributed by atoms with E-state index in [9.17, 15) is 14.9 Å². The molecule has 2 heterocycles. The second kappa shape index (κ2) is 9.35. The number of aryl methyl sites for hydroxylation is 1. The van der Waals surface area contributed by atoms with Gasteiger partial charge in [0.25, 0.3) is 5.91 Å². The van der Waals surface area contributed by atoms with E-state index in [0.717, 1.165) is 10.7 Å². The van der Waals surface area contributed by atoms with Crippen molar-refractivity contribution in [2.75, 3.05) is 19.0 Å². The lowest BCUT2D eigenvalue weighted by molar-refractivity contribution is -0.920. The summed E-state index contributed by atoms with van der Waals surface area (Å²) in [5, 5.41) is 16.0. The van der Waals surface area contributed by atoms with Gasteiger partial charge in [-0.3, -0.25) is 14.9 Å². The van der Waals surface area contributed by atoms with Crippen LogP contribution in [0, 0.1) is 17.0 Å². The van der Waals surface area contributed by atoms with Crippen molar-refractivity contribution >= 4 is 28.6 Å². The summed E-state index contributed by atoms with van der Waals surface area (Å²) < 4.78 is 10.5. The number of nitrogens with zero attached hydrogens (tertiary/aromatic N) is 1. The number of hydrogen-bond donors (Lipinski definition) is 2. The van der Waals surface area contributed by atoms with Gasteiger partial charge in [0.2, 0.25) is 0 Å². The number of nitro benzene ring substituents is 1. The van der Waals surface area contributed by atoms with E-state index < -0.39 is 4.92 Å². The SMILES string of the molecule is COc1cc(NC(=O)C[NH+](Cc2ccco2)Cc2cccs2)c(C)cc1[N+](=O)[O-]. The predicted octanol–water partition coefficient (Wildman–Crippen LogP) is 2.79. The van der Waals surface area contributed by atoms with E-state index in [-0.39, 0.29) is 23.9 Å². The maximum atomic E-state index is 12.7. The molecule has 8 nitrogen and oxygen atoms in total. The van der Waals surface area contributed by atoms with Crippen LogP contribution in [0.15, 0.2) is 52.5 Å². The molecule has 2 N–H and O–H groups in total. The van der Waals surface area contributed by atoms with Crippen molar-refractivity contribution < 1.29 is 23.8 Å². The zero-order chi connectivity index (χ0) is 20.8. The molecule has 0 aliphatic rings. The Morgan fingerprint density at radius 2 is 2.14 bits per heavy atom. The minimum atomic E-state index is -0.506. The molecule has 1 atom stereocenters. The molecule has 0 spiro atoms. The number of thiophene rings is 1. The van der Waals surface area contributed by atoms with Gasteiger partial charge in [0.1, 0.15) is 13.1 Å². The maximum absolute atomic E-state index is 12.7. The van der Waals surface area contributed by atoms with Gasteiger partial charge in [0.05, 0.1) is 23.2 Å². The summed E-state index contributed by atoms with van der Waals surface area (Å²) in [5.74, 6) is 0.717. The summed E-state index contributed by atoms with van der Waals surface area (Å²) in [5.41, 5.74) is 0.952. The van der Waals surface area contributed by atoms with Crippen molar-refractivity contribution in [2.24, 2.45) is 0 Å². The second-order valence-corrected chi connectivity index (χ2v) is 7.62. The molecule has 152 valence electrons. The van der Waals surface area contributed by atoms with E-state index in [1.54, 1.807) is 24.5 Å². The number of quaternary nitrogens is 1. The number of ether oxygens (including phenoxy) is 1. The topological polar surface area (TPSA) is 99.0 Å². The Morgan fingerprint density at radius 1 is 1.31 bits per heavy atom.